The zero-order chi connectivity index (χ0) is 28.9. The quantitative estimate of drug-likeness (QED) is 0.331. The first kappa shape index (κ1) is 28.8. The fourth-order valence-corrected chi connectivity index (χ4v) is 4.77. The van der Waals surface area contributed by atoms with Crippen molar-refractivity contribution in [1.82, 2.24) is 20.2 Å². The van der Waals surface area contributed by atoms with Crippen LogP contribution in [0.25, 0.3) is 11.0 Å². The van der Waals surface area contributed by atoms with E-state index >= 15 is 0 Å². The standard InChI is InChI=1S/C28H31F3N6O3/c1-33-26(38)18-8-9-24(40-2)22(13-18)34-10-4-5-17-11-21(27(39)36-20-7-3-6-19(32)14-20)25-23(12-17)37(16-35-25)15-28(29,30)31/h8-9,11-13,16,19-20,34H,3,6-7,10,14-15,32H2,1-2H3,(H,33,38)(H,36,39)/t19-,20-/m1/s1. The van der Waals surface area contributed by atoms with E-state index in [-0.39, 0.29) is 41.1 Å². The predicted molar refractivity (Wildman–Crippen MR) is 145 cm³/mol. The van der Waals surface area contributed by atoms with Gasteiger partial charge >= 0.3 is 6.18 Å². The third-order valence-corrected chi connectivity index (χ3v) is 6.66. The van der Waals surface area contributed by atoms with Gasteiger partial charge in [-0.1, -0.05) is 11.8 Å². The summed E-state index contributed by atoms with van der Waals surface area (Å²) in [5.74, 6) is 5.66. The lowest BCUT2D eigenvalue weighted by Gasteiger charge is -2.27. The summed E-state index contributed by atoms with van der Waals surface area (Å²) in [5, 5.41) is 8.61. The largest absolute Gasteiger partial charge is 0.495 e. The lowest BCUT2D eigenvalue weighted by atomic mass is 9.91. The van der Waals surface area contributed by atoms with Crippen LogP contribution in [0.3, 0.4) is 0 Å². The number of methoxy groups -OCH3 is 1. The molecule has 12 heteroatoms. The summed E-state index contributed by atoms with van der Waals surface area (Å²) in [6, 6.07) is 7.79. The highest BCUT2D eigenvalue weighted by molar-refractivity contribution is 6.05. The second-order valence-electron chi connectivity index (χ2n) is 9.63. The smallest absolute Gasteiger partial charge is 0.406 e. The molecule has 0 aliphatic heterocycles. The van der Waals surface area contributed by atoms with Crippen molar-refractivity contribution in [1.29, 1.82) is 0 Å². The monoisotopic (exact) mass is 556 g/mol. The van der Waals surface area contributed by atoms with Crippen molar-refractivity contribution < 1.29 is 27.5 Å². The Balaban J connectivity index is 1.61. The van der Waals surface area contributed by atoms with Gasteiger partial charge in [-0.25, -0.2) is 4.98 Å². The van der Waals surface area contributed by atoms with Crippen LogP contribution < -0.4 is 26.4 Å². The topological polar surface area (TPSA) is 123 Å². The molecule has 2 amide bonds. The highest BCUT2D eigenvalue weighted by atomic mass is 19.4. The third kappa shape index (κ3) is 7.04. The van der Waals surface area contributed by atoms with Gasteiger partial charge in [-0.15, -0.1) is 0 Å². The molecule has 0 radical (unpaired) electrons. The van der Waals surface area contributed by atoms with Gasteiger partial charge in [0.25, 0.3) is 11.8 Å². The second-order valence-corrected chi connectivity index (χ2v) is 9.63. The molecular formula is C28H31F3N6O3. The number of hydrogen-bond donors (Lipinski definition) is 4. The van der Waals surface area contributed by atoms with Crippen LogP contribution in [0.4, 0.5) is 18.9 Å². The summed E-state index contributed by atoms with van der Waals surface area (Å²) in [5.41, 5.74) is 7.85. The summed E-state index contributed by atoms with van der Waals surface area (Å²) in [6.45, 7) is -1.11. The number of hydrogen-bond acceptors (Lipinski definition) is 6. The molecular weight excluding hydrogens is 525 g/mol. The summed E-state index contributed by atoms with van der Waals surface area (Å²) in [4.78, 5) is 29.4. The summed E-state index contributed by atoms with van der Waals surface area (Å²) < 4.78 is 45.9. The predicted octanol–water partition coefficient (Wildman–Crippen LogP) is 3.43. The molecule has 5 N–H and O–H groups in total. The van der Waals surface area contributed by atoms with Crippen LogP contribution in [-0.2, 0) is 6.54 Å². The number of benzene rings is 2. The Hall–Kier alpha value is -4.24. The Morgan fingerprint density at radius 3 is 2.70 bits per heavy atom. The summed E-state index contributed by atoms with van der Waals surface area (Å²) in [7, 11) is 3.03. The second kappa shape index (κ2) is 12.3. The van der Waals surface area contributed by atoms with Crippen molar-refractivity contribution >= 4 is 28.5 Å². The van der Waals surface area contributed by atoms with E-state index in [1.807, 2.05) is 0 Å². The van der Waals surface area contributed by atoms with E-state index in [0.717, 1.165) is 30.2 Å². The van der Waals surface area contributed by atoms with Gasteiger partial charge in [0.05, 0.1) is 36.7 Å². The van der Waals surface area contributed by atoms with Gasteiger partial charge in [-0.3, -0.25) is 9.59 Å². The first-order valence-electron chi connectivity index (χ1n) is 12.8. The van der Waals surface area contributed by atoms with Gasteiger partial charge < -0.3 is 31.0 Å². The SMILES string of the molecule is CNC(=O)c1ccc(OC)c(NCC#Cc2cc(C(=O)N[C@@H]3CCC[C@@H](N)C3)c3ncn(CC(F)(F)F)c3c2)c1. The molecule has 1 aromatic heterocycles. The molecule has 0 spiro atoms. The van der Waals surface area contributed by atoms with Crippen molar-refractivity contribution in [3.8, 4) is 17.6 Å². The number of nitrogens with zero attached hydrogens (tertiary/aromatic N) is 2. The molecule has 4 rings (SSSR count). The molecule has 3 aromatic rings. The highest BCUT2D eigenvalue weighted by Gasteiger charge is 2.29. The molecule has 0 unspecified atom stereocenters. The van der Waals surface area contributed by atoms with Crippen LogP contribution in [0.1, 0.15) is 52.0 Å². The Morgan fingerprint density at radius 2 is 2.00 bits per heavy atom. The van der Waals surface area contributed by atoms with E-state index in [2.05, 4.69) is 32.8 Å². The zero-order valence-electron chi connectivity index (χ0n) is 22.2. The lowest BCUT2D eigenvalue weighted by Crippen LogP contribution is -2.42. The normalized spacial score (nSPS) is 17.1. The molecule has 1 aliphatic rings. The average molecular weight is 557 g/mol. The van der Waals surface area contributed by atoms with E-state index in [1.165, 1.54) is 26.3 Å². The molecule has 2 aromatic carbocycles. The Kier molecular flexibility index (Phi) is 8.84. The lowest BCUT2D eigenvalue weighted by molar-refractivity contribution is -0.139. The summed E-state index contributed by atoms with van der Waals surface area (Å²) >= 11 is 0. The van der Waals surface area contributed by atoms with Gasteiger partial charge in [0.2, 0.25) is 0 Å². The van der Waals surface area contributed by atoms with E-state index in [4.69, 9.17) is 10.5 Å². The molecule has 0 saturated heterocycles. The van der Waals surface area contributed by atoms with Crippen LogP contribution in [0.5, 0.6) is 5.75 Å². The maximum atomic E-state index is 13.2. The van der Waals surface area contributed by atoms with Crippen molar-refractivity contribution in [3.05, 3.63) is 53.3 Å². The van der Waals surface area contributed by atoms with E-state index < -0.39 is 18.6 Å². The first-order chi connectivity index (χ1) is 19.1. The number of aromatic nitrogens is 2. The zero-order valence-corrected chi connectivity index (χ0v) is 22.2. The number of ether oxygens (including phenoxy) is 1. The number of imidazole rings is 1. The van der Waals surface area contributed by atoms with E-state index in [1.54, 1.807) is 18.2 Å². The average Bonchev–Trinajstić information content (AvgIpc) is 3.30. The van der Waals surface area contributed by atoms with Crippen molar-refractivity contribution in [2.24, 2.45) is 5.73 Å². The maximum absolute atomic E-state index is 13.2. The van der Waals surface area contributed by atoms with Crippen LogP contribution in [-0.4, -0.2) is 60.3 Å². The highest BCUT2D eigenvalue weighted by Crippen LogP contribution is 2.27. The number of amides is 2. The van der Waals surface area contributed by atoms with Gasteiger partial charge in [-0.05, 0) is 56.0 Å². The molecule has 212 valence electrons. The molecule has 1 heterocycles. The number of halogens is 3. The van der Waals surface area contributed by atoms with Crippen LogP contribution in [0.2, 0.25) is 0 Å². The molecule has 9 nitrogen and oxygen atoms in total. The fourth-order valence-electron chi connectivity index (χ4n) is 4.77. The third-order valence-electron chi connectivity index (χ3n) is 6.66. The fraction of sp³-hybridized carbons (Fsp3) is 0.393. The number of carbonyl (C=O) groups is 2. The van der Waals surface area contributed by atoms with Crippen LogP contribution in [0.15, 0.2) is 36.7 Å². The Bertz CT molecular complexity index is 1460. The number of alkyl halides is 3. The number of nitrogens with one attached hydrogen (secondary N) is 3. The van der Waals surface area contributed by atoms with Gasteiger partial charge in [0, 0.05) is 30.3 Å². The minimum Gasteiger partial charge on any atom is -0.495 e. The molecule has 1 aliphatic carbocycles. The Labute approximate surface area is 229 Å². The maximum Gasteiger partial charge on any atom is 0.406 e. The molecule has 2 atom stereocenters. The van der Waals surface area contributed by atoms with Crippen LogP contribution >= 0.6 is 0 Å². The first-order valence-corrected chi connectivity index (χ1v) is 12.8. The number of fused-ring (bicyclic) bond motifs is 1. The Morgan fingerprint density at radius 1 is 1.20 bits per heavy atom. The van der Waals surface area contributed by atoms with E-state index in [9.17, 15) is 22.8 Å². The number of rotatable bonds is 7. The van der Waals surface area contributed by atoms with Gasteiger partial charge in [0.15, 0.2) is 0 Å². The minimum absolute atomic E-state index is 0.00885. The van der Waals surface area contributed by atoms with Crippen LogP contribution in [0, 0.1) is 11.8 Å². The van der Waals surface area contributed by atoms with Gasteiger partial charge in [0.1, 0.15) is 17.8 Å². The van der Waals surface area contributed by atoms with E-state index in [0.29, 0.717) is 29.0 Å². The van der Waals surface area contributed by atoms with Crippen molar-refractivity contribution in [2.75, 3.05) is 26.0 Å². The van der Waals surface area contributed by atoms with Crippen molar-refractivity contribution in [2.45, 2.75) is 50.5 Å². The van der Waals surface area contributed by atoms with Gasteiger partial charge in [-0.2, -0.15) is 13.2 Å². The van der Waals surface area contributed by atoms with Crippen molar-refractivity contribution in [3.63, 3.8) is 0 Å². The molecule has 0 bridgehead atoms. The number of carbonyl (C=O) groups excluding carboxylic acids is 2. The molecule has 1 saturated carbocycles. The minimum atomic E-state index is -4.47. The molecule has 1 fully saturated rings. The summed E-state index contributed by atoms with van der Waals surface area (Å²) in [6.07, 6.45) is -0.206. The number of anilines is 1. The number of nitrogens with two attached hydrogens (primary N) is 1. The molecule has 40 heavy (non-hydrogen) atoms.